The van der Waals surface area contributed by atoms with E-state index in [4.69, 9.17) is 10.5 Å². The maximum atomic E-state index is 12.0. The molecule has 1 aliphatic heterocycles. The first-order valence-corrected chi connectivity index (χ1v) is 6.29. The summed E-state index contributed by atoms with van der Waals surface area (Å²) < 4.78 is 5.94. The quantitative estimate of drug-likeness (QED) is 0.871. The van der Waals surface area contributed by atoms with E-state index >= 15 is 0 Å². The Balaban J connectivity index is 2.45. The molecule has 0 atom stereocenters. The third kappa shape index (κ3) is 2.34. The summed E-state index contributed by atoms with van der Waals surface area (Å²) >= 11 is 0. The molecule has 1 amide bonds. The van der Waals surface area contributed by atoms with Gasteiger partial charge in [0.05, 0.1) is 12.2 Å². The summed E-state index contributed by atoms with van der Waals surface area (Å²) in [6, 6.07) is 5.78. The minimum atomic E-state index is -0.370. The van der Waals surface area contributed by atoms with Crippen molar-refractivity contribution in [3.05, 3.63) is 23.8 Å². The molecule has 1 aromatic rings. The van der Waals surface area contributed by atoms with Crippen LogP contribution in [0.25, 0.3) is 0 Å². The lowest BCUT2D eigenvalue weighted by Crippen LogP contribution is -2.49. The highest BCUT2D eigenvalue weighted by Gasteiger charge is 2.34. The molecule has 0 aliphatic carbocycles. The summed E-state index contributed by atoms with van der Waals surface area (Å²) in [5.41, 5.74) is 7.12. The van der Waals surface area contributed by atoms with Gasteiger partial charge in [0, 0.05) is 13.0 Å². The van der Waals surface area contributed by atoms with E-state index in [0.29, 0.717) is 19.5 Å². The van der Waals surface area contributed by atoms with Crippen molar-refractivity contribution >= 4 is 11.6 Å². The summed E-state index contributed by atoms with van der Waals surface area (Å²) in [7, 11) is 0. The maximum Gasteiger partial charge on any atom is 0.226 e. The van der Waals surface area contributed by atoms with Crippen LogP contribution < -0.4 is 15.4 Å². The van der Waals surface area contributed by atoms with Crippen LogP contribution in [0.5, 0.6) is 5.75 Å². The van der Waals surface area contributed by atoms with Gasteiger partial charge in [0.2, 0.25) is 5.91 Å². The second kappa shape index (κ2) is 4.61. The van der Waals surface area contributed by atoms with Gasteiger partial charge in [-0.05, 0) is 31.5 Å². The number of amides is 1. The van der Waals surface area contributed by atoms with Gasteiger partial charge in [0.15, 0.2) is 0 Å². The van der Waals surface area contributed by atoms with Crippen molar-refractivity contribution in [2.75, 3.05) is 11.4 Å². The molecular weight excluding hydrogens is 228 g/mol. The van der Waals surface area contributed by atoms with Crippen LogP contribution in [-0.4, -0.2) is 18.1 Å². The van der Waals surface area contributed by atoms with Crippen molar-refractivity contribution in [2.24, 2.45) is 5.73 Å². The number of nitrogens with two attached hydrogens (primary N) is 1. The Labute approximate surface area is 108 Å². The SMILES string of the molecule is CCC(=O)N1CC(C)(C)Oc2cc(CN)ccc21. The van der Waals surface area contributed by atoms with E-state index in [1.165, 1.54) is 0 Å². The molecule has 98 valence electrons. The molecule has 0 radical (unpaired) electrons. The average molecular weight is 248 g/mol. The Bertz CT molecular complexity index is 469. The van der Waals surface area contributed by atoms with Crippen molar-refractivity contribution in [1.29, 1.82) is 0 Å². The Hall–Kier alpha value is -1.55. The number of anilines is 1. The highest BCUT2D eigenvalue weighted by molar-refractivity contribution is 5.95. The lowest BCUT2D eigenvalue weighted by molar-refractivity contribution is -0.119. The van der Waals surface area contributed by atoms with Crippen LogP contribution in [0.15, 0.2) is 18.2 Å². The van der Waals surface area contributed by atoms with Gasteiger partial charge in [-0.15, -0.1) is 0 Å². The largest absolute Gasteiger partial charge is 0.484 e. The van der Waals surface area contributed by atoms with Crippen molar-refractivity contribution in [3.63, 3.8) is 0 Å². The molecule has 1 aromatic carbocycles. The minimum Gasteiger partial charge on any atom is -0.484 e. The zero-order valence-electron chi connectivity index (χ0n) is 11.2. The highest BCUT2D eigenvalue weighted by atomic mass is 16.5. The summed E-state index contributed by atoms with van der Waals surface area (Å²) in [6.45, 7) is 6.90. The third-order valence-electron chi connectivity index (χ3n) is 3.08. The molecule has 0 fully saturated rings. The fraction of sp³-hybridized carbons (Fsp3) is 0.500. The molecule has 0 saturated heterocycles. The number of hydrogen-bond donors (Lipinski definition) is 1. The predicted molar refractivity (Wildman–Crippen MR) is 71.7 cm³/mol. The monoisotopic (exact) mass is 248 g/mol. The Morgan fingerprint density at radius 2 is 2.22 bits per heavy atom. The first kappa shape index (κ1) is 12.9. The van der Waals surface area contributed by atoms with Gasteiger partial charge < -0.3 is 15.4 Å². The Morgan fingerprint density at radius 3 is 2.83 bits per heavy atom. The van der Waals surface area contributed by atoms with Crippen molar-refractivity contribution in [3.8, 4) is 5.75 Å². The van der Waals surface area contributed by atoms with Gasteiger partial charge in [-0.2, -0.15) is 0 Å². The lowest BCUT2D eigenvalue weighted by Gasteiger charge is -2.39. The molecule has 2 rings (SSSR count). The van der Waals surface area contributed by atoms with Crippen molar-refractivity contribution in [2.45, 2.75) is 39.3 Å². The zero-order valence-corrected chi connectivity index (χ0v) is 11.2. The van der Waals surface area contributed by atoms with Gasteiger partial charge in [-0.25, -0.2) is 0 Å². The molecule has 0 aromatic heterocycles. The summed E-state index contributed by atoms with van der Waals surface area (Å²) in [5, 5.41) is 0. The van der Waals surface area contributed by atoms with Gasteiger partial charge in [-0.3, -0.25) is 4.79 Å². The molecule has 18 heavy (non-hydrogen) atoms. The van der Waals surface area contributed by atoms with Crippen LogP contribution in [0.2, 0.25) is 0 Å². The molecule has 0 unspecified atom stereocenters. The topological polar surface area (TPSA) is 55.6 Å². The van der Waals surface area contributed by atoms with E-state index in [-0.39, 0.29) is 11.5 Å². The molecule has 1 aliphatic rings. The fourth-order valence-corrected chi connectivity index (χ4v) is 2.20. The van der Waals surface area contributed by atoms with Crippen LogP contribution in [0.1, 0.15) is 32.8 Å². The van der Waals surface area contributed by atoms with E-state index in [0.717, 1.165) is 17.0 Å². The fourth-order valence-electron chi connectivity index (χ4n) is 2.20. The van der Waals surface area contributed by atoms with Gasteiger partial charge >= 0.3 is 0 Å². The van der Waals surface area contributed by atoms with Crippen LogP contribution in [-0.2, 0) is 11.3 Å². The molecule has 0 spiro atoms. The first-order valence-electron chi connectivity index (χ1n) is 6.29. The van der Waals surface area contributed by atoms with Crippen LogP contribution >= 0.6 is 0 Å². The number of hydrogen-bond acceptors (Lipinski definition) is 3. The smallest absolute Gasteiger partial charge is 0.226 e. The molecule has 2 N–H and O–H groups in total. The second-order valence-electron chi connectivity index (χ2n) is 5.20. The van der Waals surface area contributed by atoms with Crippen LogP contribution in [0, 0.1) is 0 Å². The van der Waals surface area contributed by atoms with E-state index in [1.807, 2.05) is 39.0 Å². The van der Waals surface area contributed by atoms with Gasteiger partial charge in [0.1, 0.15) is 11.4 Å². The number of carbonyl (C=O) groups is 1. The molecular formula is C14H20N2O2. The standard InChI is InChI=1S/C14H20N2O2/c1-4-13(17)16-9-14(2,3)18-12-7-10(8-15)5-6-11(12)16/h5-7H,4,8-9,15H2,1-3H3. The van der Waals surface area contributed by atoms with E-state index in [9.17, 15) is 4.79 Å². The van der Waals surface area contributed by atoms with E-state index < -0.39 is 0 Å². The highest BCUT2D eigenvalue weighted by Crippen LogP contribution is 2.37. The third-order valence-corrected chi connectivity index (χ3v) is 3.08. The zero-order chi connectivity index (χ0) is 13.3. The molecule has 4 heteroatoms. The second-order valence-corrected chi connectivity index (χ2v) is 5.20. The molecule has 0 bridgehead atoms. The Kier molecular flexibility index (Phi) is 3.30. The van der Waals surface area contributed by atoms with Gasteiger partial charge in [0.25, 0.3) is 0 Å². The number of carbonyl (C=O) groups excluding carboxylic acids is 1. The number of fused-ring (bicyclic) bond motifs is 1. The normalized spacial score (nSPS) is 17.0. The van der Waals surface area contributed by atoms with Crippen molar-refractivity contribution < 1.29 is 9.53 Å². The van der Waals surface area contributed by atoms with Crippen molar-refractivity contribution in [1.82, 2.24) is 0 Å². The van der Waals surface area contributed by atoms with Crippen LogP contribution in [0.3, 0.4) is 0 Å². The summed E-state index contributed by atoms with van der Waals surface area (Å²) in [5.74, 6) is 0.865. The summed E-state index contributed by atoms with van der Waals surface area (Å²) in [4.78, 5) is 13.8. The molecule has 4 nitrogen and oxygen atoms in total. The van der Waals surface area contributed by atoms with Crippen LogP contribution in [0.4, 0.5) is 5.69 Å². The average Bonchev–Trinajstić information content (AvgIpc) is 2.34. The summed E-state index contributed by atoms with van der Waals surface area (Å²) in [6.07, 6.45) is 0.494. The number of benzene rings is 1. The number of rotatable bonds is 2. The maximum absolute atomic E-state index is 12.0. The van der Waals surface area contributed by atoms with E-state index in [2.05, 4.69) is 0 Å². The first-order chi connectivity index (χ1) is 8.46. The molecule has 0 saturated carbocycles. The lowest BCUT2D eigenvalue weighted by atomic mass is 10.0. The number of ether oxygens (including phenoxy) is 1. The predicted octanol–water partition coefficient (Wildman–Crippen LogP) is 2.06. The molecule has 1 heterocycles. The minimum absolute atomic E-state index is 0.119. The Morgan fingerprint density at radius 1 is 1.50 bits per heavy atom. The van der Waals surface area contributed by atoms with Gasteiger partial charge in [-0.1, -0.05) is 13.0 Å². The number of nitrogens with zero attached hydrogens (tertiary/aromatic N) is 1. The van der Waals surface area contributed by atoms with E-state index in [1.54, 1.807) is 4.90 Å².